The van der Waals surface area contributed by atoms with Crippen LogP contribution in [0.3, 0.4) is 0 Å². The Hall–Kier alpha value is -3.43. The quantitative estimate of drug-likeness (QED) is 0.772. The van der Waals surface area contributed by atoms with E-state index in [0.717, 1.165) is 0 Å². The molecule has 0 saturated carbocycles. The van der Waals surface area contributed by atoms with Gasteiger partial charge >= 0.3 is 12.0 Å². The first kappa shape index (κ1) is 17.9. The van der Waals surface area contributed by atoms with Gasteiger partial charge in [0.15, 0.2) is 11.4 Å². The van der Waals surface area contributed by atoms with Crippen molar-refractivity contribution in [2.75, 3.05) is 26.6 Å². The van der Waals surface area contributed by atoms with Crippen LogP contribution in [0.5, 0.6) is 23.5 Å². The Kier molecular flexibility index (Phi) is 5.66. The van der Waals surface area contributed by atoms with Gasteiger partial charge < -0.3 is 24.3 Å². The van der Waals surface area contributed by atoms with E-state index < -0.39 is 5.97 Å². The summed E-state index contributed by atoms with van der Waals surface area (Å²) in [5, 5.41) is 2.47. The van der Waals surface area contributed by atoms with Crippen molar-refractivity contribution in [1.29, 1.82) is 0 Å². The maximum absolute atomic E-state index is 11.9. The van der Waals surface area contributed by atoms with E-state index in [4.69, 9.17) is 14.2 Å². The summed E-state index contributed by atoms with van der Waals surface area (Å²) < 4.78 is 20.3. The summed E-state index contributed by atoms with van der Waals surface area (Å²) >= 11 is 0. The van der Waals surface area contributed by atoms with Gasteiger partial charge in [-0.15, -0.1) is 0 Å². The number of pyridine rings is 1. The third kappa shape index (κ3) is 4.53. The van der Waals surface area contributed by atoms with Crippen LogP contribution in [0.25, 0.3) is 0 Å². The van der Waals surface area contributed by atoms with Crippen molar-refractivity contribution in [2.24, 2.45) is 0 Å². The Morgan fingerprint density at radius 3 is 2.16 bits per heavy atom. The van der Waals surface area contributed by atoms with Crippen LogP contribution in [0.2, 0.25) is 0 Å². The highest BCUT2D eigenvalue weighted by Gasteiger charge is 2.19. The van der Waals surface area contributed by atoms with Gasteiger partial charge in [0, 0.05) is 6.92 Å². The van der Waals surface area contributed by atoms with Gasteiger partial charge in [-0.25, -0.2) is 9.78 Å². The summed E-state index contributed by atoms with van der Waals surface area (Å²) in [7, 11) is 4.05. The number of aromatic nitrogens is 3. The van der Waals surface area contributed by atoms with Crippen molar-refractivity contribution >= 4 is 17.7 Å². The number of hydrogen-bond acceptors (Lipinski definition) is 9. The molecule has 2 aromatic heterocycles. The summed E-state index contributed by atoms with van der Waals surface area (Å²) in [5.74, 6) is -0.454. The number of nitrogens with zero attached hydrogens (tertiary/aromatic N) is 3. The molecule has 2 rings (SSSR count). The van der Waals surface area contributed by atoms with Crippen molar-refractivity contribution in [3.63, 3.8) is 0 Å². The second-order valence-corrected chi connectivity index (χ2v) is 4.55. The number of methoxy groups -OCH3 is 3. The first-order chi connectivity index (χ1) is 12.0. The van der Waals surface area contributed by atoms with Crippen molar-refractivity contribution in [1.82, 2.24) is 15.0 Å². The molecule has 0 aromatic carbocycles. The largest absolute Gasteiger partial charge is 0.481 e. The Labute approximate surface area is 143 Å². The van der Waals surface area contributed by atoms with Crippen LogP contribution in [0.15, 0.2) is 18.2 Å². The Bertz CT molecular complexity index is 773. The third-order valence-electron chi connectivity index (χ3n) is 2.82. The highest BCUT2D eigenvalue weighted by Crippen LogP contribution is 2.27. The zero-order valence-corrected chi connectivity index (χ0v) is 14.0. The zero-order chi connectivity index (χ0) is 18.4. The molecule has 10 heteroatoms. The second-order valence-electron chi connectivity index (χ2n) is 4.55. The molecule has 0 aliphatic rings. The average molecular weight is 348 g/mol. The lowest BCUT2D eigenvalue weighted by Crippen LogP contribution is -2.12. The lowest BCUT2D eigenvalue weighted by atomic mass is 10.3. The maximum Gasteiger partial charge on any atom is 0.360 e. The number of amides is 1. The third-order valence-corrected chi connectivity index (χ3v) is 2.82. The van der Waals surface area contributed by atoms with Crippen LogP contribution < -0.4 is 19.5 Å². The first-order valence-electron chi connectivity index (χ1n) is 6.98. The number of anilines is 1. The number of carbonyl (C=O) groups excluding carboxylic acids is 2. The lowest BCUT2D eigenvalue weighted by molar-refractivity contribution is -0.114. The van der Waals surface area contributed by atoms with Gasteiger partial charge in [-0.05, 0) is 12.1 Å². The minimum Gasteiger partial charge on any atom is -0.481 e. The number of rotatable bonds is 6. The molecule has 0 aliphatic carbocycles. The molecule has 0 saturated heterocycles. The monoisotopic (exact) mass is 348 g/mol. The van der Waals surface area contributed by atoms with Gasteiger partial charge in [-0.3, -0.25) is 4.79 Å². The van der Waals surface area contributed by atoms with Gasteiger partial charge in [-0.1, -0.05) is 0 Å². The average Bonchev–Trinajstić information content (AvgIpc) is 2.61. The molecule has 0 bridgehead atoms. The SMILES string of the molecule is COC(=O)c1nc(NC(C)=O)ccc1Oc1nc(OC)cc(OC)n1. The zero-order valence-electron chi connectivity index (χ0n) is 14.0. The van der Waals surface area contributed by atoms with Gasteiger partial charge in [0.2, 0.25) is 17.7 Å². The molecule has 132 valence electrons. The molecule has 0 aliphatic heterocycles. The van der Waals surface area contributed by atoms with Crippen molar-refractivity contribution in [2.45, 2.75) is 6.92 Å². The second kappa shape index (κ2) is 7.90. The minimum atomic E-state index is -0.753. The van der Waals surface area contributed by atoms with E-state index in [1.54, 1.807) is 0 Å². The van der Waals surface area contributed by atoms with Crippen molar-refractivity contribution in [3.05, 3.63) is 23.9 Å². The number of esters is 1. The van der Waals surface area contributed by atoms with Gasteiger partial charge in [0.1, 0.15) is 5.82 Å². The van der Waals surface area contributed by atoms with E-state index in [9.17, 15) is 9.59 Å². The summed E-state index contributed by atoms with van der Waals surface area (Å²) in [6.07, 6.45) is 0. The lowest BCUT2D eigenvalue weighted by Gasteiger charge is -2.11. The maximum atomic E-state index is 11.9. The van der Waals surface area contributed by atoms with Crippen LogP contribution >= 0.6 is 0 Å². The highest BCUT2D eigenvalue weighted by atomic mass is 16.5. The van der Waals surface area contributed by atoms with Crippen LogP contribution in [-0.4, -0.2) is 48.2 Å². The molecule has 1 amide bonds. The van der Waals surface area contributed by atoms with E-state index in [0.29, 0.717) is 0 Å². The first-order valence-corrected chi connectivity index (χ1v) is 6.98. The van der Waals surface area contributed by atoms with Crippen molar-refractivity contribution in [3.8, 4) is 23.5 Å². The molecular weight excluding hydrogens is 332 g/mol. The predicted molar refractivity (Wildman–Crippen MR) is 85.1 cm³/mol. The van der Waals surface area contributed by atoms with Crippen LogP contribution in [-0.2, 0) is 9.53 Å². The highest BCUT2D eigenvalue weighted by molar-refractivity contribution is 5.92. The molecule has 0 atom stereocenters. The number of carbonyl (C=O) groups is 2. The fourth-order valence-electron chi connectivity index (χ4n) is 1.76. The van der Waals surface area contributed by atoms with Gasteiger partial charge in [0.05, 0.1) is 27.4 Å². The van der Waals surface area contributed by atoms with Gasteiger partial charge in [0.25, 0.3) is 0 Å². The topological polar surface area (TPSA) is 122 Å². The molecule has 10 nitrogen and oxygen atoms in total. The predicted octanol–water partition coefficient (Wildman–Crippen LogP) is 1.43. The molecule has 2 heterocycles. The number of hydrogen-bond donors (Lipinski definition) is 1. The van der Waals surface area contributed by atoms with E-state index in [1.165, 1.54) is 46.5 Å². The van der Waals surface area contributed by atoms with E-state index in [-0.39, 0.29) is 40.9 Å². The van der Waals surface area contributed by atoms with E-state index in [2.05, 4.69) is 25.0 Å². The summed E-state index contributed by atoms with van der Waals surface area (Å²) in [5.41, 5.74) is -0.154. The fourth-order valence-corrected chi connectivity index (χ4v) is 1.76. The number of nitrogens with one attached hydrogen (secondary N) is 1. The smallest absolute Gasteiger partial charge is 0.360 e. The van der Waals surface area contributed by atoms with Gasteiger partial charge in [-0.2, -0.15) is 9.97 Å². The molecule has 0 radical (unpaired) electrons. The van der Waals surface area contributed by atoms with E-state index in [1.807, 2.05) is 0 Å². The summed E-state index contributed by atoms with van der Waals surface area (Å²) in [6, 6.07) is 4.24. The molecule has 2 aromatic rings. The Morgan fingerprint density at radius 2 is 1.64 bits per heavy atom. The van der Waals surface area contributed by atoms with Crippen LogP contribution in [0.1, 0.15) is 17.4 Å². The Balaban J connectivity index is 2.41. The Morgan fingerprint density at radius 1 is 1.00 bits per heavy atom. The molecule has 1 N–H and O–H groups in total. The molecule has 25 heavy (non-hydrogen) atoms. The fraction of sp³-hybridized carbons (Fsp3) is 0.267. The number of ether oxygens (including phenoxy) is 4. The standard InChI is InChI=1S/C15H16N4O6/c1-8(20)16-10-6-5-9(13(17-10)14(21)24-4)25-15-18-11(22-2)7-12(19-15)23-3/h5-7H,1-4H3,(H,16,17,20). The summed E-state index contributed by atoms with van der Waals surface area (Å²) in [6.45, 7) is 1.32. The molecule has 0 unspecified atom stereocenters. The minimum absolute atomic E-state index is 0.0382. The van der Waals surface area contributed by atoms with Crippen LogP contribution in [0, 0.1) is 0 Å². The van der Waals surface area contributed by atoms with Crippen LogP contribution in [0.4, 0.5) is 5.82 Å². The van der Waals surface area contributed by atoms with E-state index >= 15 is 0 Å². The molecular formula is C15H16N4O6. The normalized spacial score (nSPS) is 9.92. The summed E-state index contributed by atoms with van der Waals surface area (Å²) in [4.78, 5) is 35.1. The molecule has 0 spiro atoms. The van der Waals surface area contributed by atoms with Crippen molar-refractivity contribution < 1.29 is 28.5 Å². The molecule has 0 fully saturated rings.